The lowest BCUT2D eigenvalue weighted by molar-refractivity contribution is 0.154. The molecule has 2 rings (SSSR count). The molecule has 1 fully saturated rings. The molecule has 0 bridgehead atoms. The summed E-state index contributed by atoms with van der Waals surface area (Å²) in [6.07, 6.45) is 1.80. The van der Waals surface area contributed by atoms with E-state index >= 15 is 0 Å². The molecule has 1 unspecified atom stereocenters. The third-order valence-corrected chi connectivity index (χ3v) is 3.02. The molecule has 1 atom stereocenters. The van der Waals surface area contributed by atoms with Crippen LogP contribution in [0.1, 0.15) is 18.4 Å². The molecule has 0 amide bonds. The second-order valence-electron chi connectivity index (χ2n) is 4.28. The quantitative estimate of drug-likeness (QED) is 0.685. The van der Waals surface area contributed by atoms with Crippen molar-refractivity contribution in [2.24, 2.45) is 0 Å². The number of anilines is 2. The largest absolute Gasteiger partial charge is 0.399 e. The number of nitrogens with zero attached hydrogens (tertiary/aromatic N) is 1. The average Bonchev–Trinajstić information content (AvgIpc) is 2.22. The van der Waals surface area contributed by atoms with Gasteiger partial charge in [-0.3, -0.25) is 0 Å². The number of benzene rings is 1. The van der Waals surface area contributed by atoms with Crippen LogP contribution < -0.4 is 10.6 Å². The molecule has 0 spiro atoms. The molecule has 1 aromatic carbocycles. The number of hydrogen-bond acceptors (Lipinski definition) is 3. The zero-order valence-electron chi connectivity index (χ0n) is 9.11. The average molecular weight is 206 g/mol. The maximum atomic E-state index is 9.60. The lowest BCUT2D eigenvalue weighted by Gasteiger charge is -2.32. The summed E-state index contributed by atoms with van der Waals surface area (Å²) in [6.45, 7) is 3.78. The molecule has 1 aromatic rings. The first kappa shape index (κ1) is 10.3. The van der Waals surface area contributed by atoms with Gasteiger partial charge in [-0.05, 0) is 43.5 Å². The van der Waals surface area contributed by atoms with Crippen LogP contribution in [0.5, 0.6) is 0 Å². The number of aliphatic hydroxyl groups excluding tert-OH is 1. The van der Waals surface area contributed by atoms with Crippen molar-refractivity contribution >= 4 is 11.4 Å². The van der Waals surface area contributed by atoms with Crippen LogP contribution in [0.4, 0.5) is 11.4 Å². The van der Waals surface area contributed by atoms with E-state index in [4.69, 9.17) is 5.73 Å². The fourth-order valence-corrected chi connectivity index (χ4v) is 2.05. The number of rotatable bonds is 1. The van der Waals surface area contributed by atoms with E-state index in [9.17, 15) is 5.11 Å². The van der Waals surface area contributed by atoms with Crippen molar-refractivity contribution in [1.82, 2.24) is 0 Å². The molecule has 1 aliphatic rings. The van der Waals surface area contributed by atoms with Crippen LogP contribution in [0, 0.1) is 6.92 Å². The standard InChI is InChI=1S/C12H18N2O/c1-9-7-10(4-5-12(9)13)14-6-2-3-11(15)8-14/h4-5,7,11,15H,2-3,6,8,13H2,1H3. The molecule has 1 saturated heterocycles. The smallest absolute Gasteiger partial charge is 0.0715 e. The van der Waals surface area contributed by atoms with Gasteiger partial charge in [0.25, 0.3) is 0 Å². The van der Waals surface area contributed by atoms with Crippen molar-refractivity contribution < 1.29 is 5.11 Å². The lowest BCUT2D eigenvalue weighted by atomic mass is 10.1. The van der Waals surface area contributed by atoms with E-state index in [-0.39, 0.29) is 6.10 Å². The number of nitrogens with two attached hydrogens (primary N) is 1. The van der Waals surface area contributed by atoms with Crippen LogP contribution in [0.2, 0.25) is 0 Å². The molecule has 3 N–H and O–H groups in total. The van der Waals surface area contributed by atoms with Gasteiger partial charge < -0.3 is 15.7 Å². The van der Waals surface area contributed by atoms with Crippen LogP contribution in [0.25, 0.3) is 0 Å². The molecule has 0 saturated carbocycles. The van der Waals surface area contributed by atoms with Crippen LogP contribution in [0.15, 0.2) is 18.2 Å². The summed E-state index contributed by atoms with van der Waals surface area (Å²) >= 11 is 0. The molecular formula is C12H18N2O. The molecule has 0 radical (unpaired) electrons. The van der Waals surface area contributed by atoms with Crippen LogP contribution in [-0.4, -0.2) is 24.3 Å². The summed E-state index contributed by atoms with van der Waals surface area (Å²) in [6, 6.07) is 6.05. The second-order valence-corrected chi connectivity index (χ2v) is 4.28. The zero-order valence-corrected chi connectivity index (χ0v) is 9.11. The van der Waals surface area contributed by atoms with Crippen molar-refractivity contribution in [3.63, 3.8) is 0 Å². The zero-order chi connectivity index (χ0) is 10.8. The highest BCUT2D eigenvalue weighted by Gasteiger charge is 2.17. The highest BCUT2D eigenvalue weighted by atomic mass is 16.3. The number of nitrogen functional groups attached to an aromatic ring is 1. The molecule has 3 heteroatoms. The monoisotopic (exact) mass is 206 g/mol. The van der Waals surface area contributed by atoms with E-state index in [0.717, 1.165) is 37.2 Å². The van der Waals surface area contributed by atoms with Crippen molar-refractivity contribution in [1.29, 1.82) is 0 Å². The predicted molar refractivity (Wildman–Crippen MR) is 63.0 cm³/mol. The molecule has 15 heavy (non-hydrogen) atoms. The Labute approximate surface area is 90.5 Å². The molecule has 82 valence electrons. The van der Waals surface area contributed by atoms with Gasteiger partial charge in [-0.25, -0.2) is 0 Å². The van der Waals surface area contributed by atoms with Crippen LogP contribution in [-0.2, 0) is 0 Å². The Bertz CT molecular complexity index is 351. The van der Waals surface area contributed by atoms with Crippen molar-refractivity contribution in [2.75, 3.05) is 23.7 Å². The van der Waals surface area contributed by atoms with Crippen LogP contribution >= 0.6 is 0 Å². The van der Waals surface area contributed by atoms with Gasteiger partial charge in [0.1, 0.15) is 0 Å². The number of hydrogen-bond donors (Lipinski definition) is 2. The topological polar surface area (TPSA) is 49.5 Å². The van der Waals surface area contributed by atoms with Gasteiger partial charge in [-0.2, -0.15) is 0 Å². The Morgan fingerprint density at radius 3 is 2.93 bits per heavy atom. The van der Waals surface area contributed by atoms with Crippen molar-refractivity contribution in [3.8, 4) is 0 Å². The van der Waals surface area contributed by atoms with E-state index in [0.29, 0.717) is 0 Å². The first-order valence-corrected chi connectivity index (χ1v) is 5.46. The maximum Gasteiger partial charge on any atom is 0.0715 e. The summed E-state index contributed by atoms with van der Waals surface area (Å²) in [5.74, 6) is 0. The summed E-state index contributed by atoms with van der Waals surface area (Å²) in [5.41, 5.74) is 8.88. The Morgan fingerprint density at radius 1 is 1.47 bits per heavy atom. The lowest BCUT2D eigenvalue weighted by Crippen LogP contribution is -2.38. The van der Waals surface area contributed by atoms with Gasteiger partial charge in [0, 0.05) is 24.5 Å². The number of aryl methyl sites for hydroxylation is 1. The van der Waals surface area contributed by atoms with Gasteiger partial charge in [-0.15, -0.1) is 0 Å². The normalized spacial score (nSPS) is 21.7. The van der Waals surface area contributed by atoms with Gasteiger partial charge in [0.05, 0.1) is 6.10 Å². The predicted octanol–water partition coefficient (Wildman–Crippen LogP) is 1.54. The maximum absolute atomic E-state index is 9.60. The van der Waals surface area contributed by atoms with Crippen molar-refractivity contribution in [3.05, 3.63) is 23.8 Å². The van der Waals surface area contributed by atoms with E-state index in [1.807, 2.05) is 19.1 Å². The number of piperidine rings is 1. The minimum Gasteiger partial charge on any atom is -0.399 e. The van der Waals surface area contributed by atoms with Gasteiger partial charge in [0.2, 0.25) is 0 Å². The molecule has 0 aliphatic carbocycles. The molecular weight excluding hydrogens is 188 g/mol. The van der Waals surface area contributed by atoms with Crippen LogP contribution in [0.3, 0.4) is 0 Å². The van der Waals surface area contributed by atoms with E-state index in [2.05, 4.69) is 11.0 Å². The fraction of sp³-hybridized carbons (Fsp3) is 0.500. The Kier molecular flexibility index (Phi) is 2.82. The Balaban J connectivity index is 2.18. The number of β-amino-alcohol motifs (C(OH)–C–C–N with tert-alkyl or cyclic N) is 1. The van der Waals surface area contributed by atoms with Gasteiger partial charge >= 0.3 is 0 Å². The minimum absolute atomic E-state index is 0.184. The molecule has 3 nitrogen and oxygen atoms in total. The Morgan fingerprint density at radius 2 is 2.27 bits per heavy atom. The summed E-state index contributed by atoms with van der Waals surface area (Å²) in [5, 5.41) is 9.60. The first-order valence-electron chi connectivity index (χ1n) is 5.46. The summed E-state index contributed by atoms with van der Waals surface area (Å²) in [4.78, 5) is 2.22. The third-order valence-electron chi connectivity index (χ3n) is 3.02. The minimum atomic E-state index is -0.184. The van der Waals surface area contributed by atoms with Gasteiger partial charge in [0.15, 0.2) is 0 Å². The van der Waals surface area contributed by atoms with Gasteiger partial charge in [-0.1, -0.05) is 0 Å². The van der Waals surface area contributed by atoms with E-state index in [1.165, 1.54) is 5.69 Å². The first-order chi connectivity index (χ1) is 7.16. The Hall–Kier alpha value is -1.22. The van der Waals surface area contributed by atoms with E-state index in [1.54, 1.807) is 0 Å². The van der Waals surface area contributed by atoms with Crippen molar-refractivity contribution in [2.45, 2.75) is 25.9 Å². The molecule has 1 heterocycles. The second kappa shape index (κ2) is 4.11. The fourth-order valence-electron chi connectivity index (χ4n) is 2.05. The third kappa shape index (κ3) is 2.23. The van der Waals surface area contributed by atoms with E-state index < -0.39 is 0 Å². The number of aliphatic hydroxyl groups is 1. The molecule has 1 aliphatic heterocycles. The summed E-state index contributed by atoms with van der Waals surface area (Å²) < 4.78 is 0. The molecule has 0 aromatic heterocycles. The summed E-state index contributed by atoms with van der Waals surface area (Å²) in [7, 11) is 0. The SMILES string of the molecule is Cc1cc(N2CCCC(O)C2)ccc1N. The highest BCUT2D eigenvalue weighted by Crippen LogP contribution is 2.23. The highest BCUT2D eigenvalue weighted by molar-refractivity contribution is 5.58.